The minimum Gasteiger partial charge on any atom is -0.493 e. The summed E-state index contributed by atoms with van der Waals surface area (Å²) < 4.78 is 14.7. The fourth-order valence-electron chi connectivity index (χ4n) is 1.10. The largest absolute Gasteiger partial charge is 0.513 e. The van der Waals surface area contributed by atoms with Crippen molar-refractivity contribution in [2.24, 2.45) is 0 Å². The van der Waals surface area contributed by atoms with Gasteiger partial charge >= 0.3 is 6.16 Å². The van der Waals surface area contributed by atoms with Crippen molar-refractivity contribution in [3.8, 4) is 11.5 Å². The molecule has 0 aliphatic rings. The van der Waals surface area contributed by atoms with Gasteiger partial charge in [0.15, 0.2) is 11.5 Å². The molecule has 85 valence electrons. The van der Waals surface area contributed by atoms with E-state index in [1.54, 1.807) is 25.1 Å². The lowest BCUT2D eigenvalue weighted by molar-refractivity contribution is 0.103. The Morgan fingerprint density at radius 2 is 2.19 bits per heavy atom. The van der Waals surface area contributed by atoms with Crippen LogP contribution in [0.2, 0.25) is 0 Å². The highest BCUT2D eigenvalue weighted by atomic mass is 16.7. The molecule has 0 heterocycles. The molecule has 0 aliphatic carbocycles. The molecule has 0 spiro atoms. The van der Waals surface area contributed by atoms with Crippen molar-refractivity contribution in [2.45, 2.75) is 6.92 Å². The van der Waals surface area contributed by atoms with Crippen LogP contribution >= 0.6 is 0 Å². The average molecular weight is 221 g/mol. The maximum absolute atomic E-state index is 11.1. The second kappa shape index (κ2) is 5.80. The maximum atomic E-state index is 11.1. The summed E-state index contributed by atoms with van der Waals surface area (Å²) in [6.45, 7) is 5.48. The molecule has 1 rings (SSSR count). The molecule has 0 aliphatic heterocycles. The van der Waals surface area contributed by atoms with Gasteiger partial charge in [-0.2, -0.15) is 0 Å². The highest BCUT2D eigenvalue weighted by Gasteiger charge is 2.10. The Hall–Kier alpha value is -1.97. The van der Waals surface area contributed by atoms with Gasteiger partial charge in [0.2, 0.25) is 0 Å². The number of carbonyl (C=O) groups excluding carboxylic acids is 1. The fourth-order valence-corrected chi connectivity index (χ4v) is 1.10. The van der Waals surface area contributed by atoms with Gasteiger partial charge in [-0.15, -0.1) is 0 Å². The first-order chi connectivity index (χ1) is 7.71. The molecule has 0 amide bonds. The molecule has 1 aromatic carbocycles. The molecule has 0 unspecified atom stereocenters. The number of rotatable bonds is 4. The van der Waals surface area contributed by atoms with Crippen molar-refractivity contribution in [3.63, 3.8) is 0 Å². The van der Waals surface area contributed by atoms with Crippen molar-refractivity contribution in [3.05, 3.63) is 36.4 Å². The van der Waals surface area contributed by atoms with Gasteiger partial charge in [0.1, 0.15) is 0 Å². The summed E-state index contributed by atoms with van der Waals surface area (Å²) in [6, 6.07) is 4.98. The summed E-state index contributed by atoms with van der Waals surface area (Å²) in [5.74, 6) is 0.738. The van der Waals surface area contributed by atoms with E-state index < -0.39 is 6.16 Å². The summed E-state index contributed by atoms with van der Waals surface area (Å²) in [4.78, 5) is 11.1. The third kappa shape index (κ3) is 3.02. The second-order valence-electron chi connectivity index (χ2n) is 2.83. The molecule has 0 aromatic heterocycles. The summed E-state index contributed by atoms with van der Waals surface area (Å²) in [6.07, 6.45) is 1.95. The van der Waals surface area contributed by atoms with Crippen molar-refractivity contribution in [1.82, 2.24) is 0 Å². The van der Waals surface area contributed by atoms with Crippen molar-refractivity contribution >= 4 is 6.16 Å². The summed E-state index contributed by atoms with van der Waals surface area (Å²) in [7, 11) is 1.49. The van der Waals surface area contributed by atoms with E-state index in [0.29, 0.717) is 11.5 Å². The molecule has 16 heavy (non-hydrogen) atoms. The smallest absolute Gasteiger partial charge is 0.493 e. The Bertz CT molecular complexity index is 385. The van der Waals surface area contributed by atoms with E-state index in [1.165, 1.54) is 7.11 Å². The van der Waals surface area contributed by atoms with E-state index in [4.69, 9.17) is 9.47 Å². The van der Waals surface area contributed by atoms with Gasteiger partial charge in [-0.1, -0.05) is 12.6 Å². The highest BCUT2D eigenvalue weighted by molar-refractivity contribution is 5.65. The Morgan fingerprint density at radius 1 is 1.44 bits per heavy atom. The van der Waals surface area contributed by atoms with Crippen LogP contribution in [-0.4, -0.2) is 19.9 Å². The Balaban J connectivity index is 2.87. The van der Waals surface area contributed by atoms with Crippen LogP contribution < -0.4 is 9.47 Å². The number of carbonyl (C=O) groups is 1. The molecule has 0 saturated carbocycles. The minimum atomic E-state index is -0.754. The summed E-state index contributed by atoms with van der Waals surface area (Å²) in [5.41, 5.74) is 0.757. The molecule has 1 radical (unpaired) electrons. The van der Waals surface area contributed by atoms with Crippen LogP contribution in [-0.2, 0) is 4.74 Å². The molecule has 1 aromatic rings. The van der Waals surface area contributed by atoms with E-state index >= 15 is 0 Å². The first-order valence-electron chi connectivity index (χ1n) is 4.77. The third-order valence-electron chi connectivity index (χ3n) is 1.82. The van der Waals surface area contributed by atoms with E-state index in [2.05, 4.69) is 17.4 Å². The molecule has 0 atom stereocenters. The quantitative estimate of drug-likeness (QED) is 0.579. The van der Waals surface area contributed by atoms with Gasteiger partial charge in [-0.3, -0.25) is 0 Å². The molecule has 4 nitrogen and oxygen atoms in total. The van der Waals surface area contributed by atoms with Crippen LogP contribution in [0.1, 0.15) is 12.5 Å². The number of hydrogen-bond acceptors (Lipinski definition) is 4. The van der Waals surface area contributed by atoms with Crippen LogP contribution in [0.25, 0.3) is 0 Å². The Morgan fingerprint density at radius 3 is 2.75 bits per heavy atom. The molecular weight excluding hydrogens is 208 g/mol. The van der Waals surface area contributed by atoms with Gasteiger partial charge in [0.05, 0.1) is 13.7 Å². The van der Waals surface area contributed by atoms with Crippen molar-refractivity contribution < 1.29 is 19.0 Å². The van der Waals surface area contributed by atoms with E-state index in [0.717, 1.165) is 5.56 Å². The number of benzene rings is 1. The molecule has 0 fully saturated rings. The van der Waals surface area contributed by atoms with Gasteiger partial charge in [-0.25, -0.2) is 4.79 Å². The van der Waals surface area contributed by atoms with Crippen molar-refractivity contribution in [2.75, 3.05) is 13.7 Å². The monoisotopic (exact) mass is 221 g/mol. The van der Waals surface area contributed by atoms with Crippen LogP contribution in [0.4, 0.5) is 4.79 Å². The Kier molecular flexibility index (Phi) is 4.39. The zero-order valence-corrected chi connectivity index (χ0v) is 9.28. The SMILES string of the molecule is C=[C]c1ccc(OC(=O)OCC)c(OC)c1. The molecule has 0 N–H and O–H groups in total. The molecular formula is C12H13O4. The van der Waals surface area contributed by atoms with E-state index in [9.17, 15) is 4.79 Å². The zero-order chi connectivity index (χ0) is 12.0. The first-order valence-corrected chi connectivity index (χ1v) is 4.77. The number of hydrogen-bond donors (Lipinski definition) is 0. The fraction of sp³-hybridized carbons (Fsp3) is 0.250. The molecule has 4 heteroatoms. The van der Waals surface area contributed by atoms with Gasteiger partial charge in [0.25, 0.3) is 0 Å². The van der Waals surface area contributed by atoms with Crippen LogP contribution in [0, 0.1) is 6.08 Å². The Labute approximate surface area is 94.4 Å². The number of methoxy groups -OCH3 is 1. The summed E-state index contributed by atoms with van der Waals surface area (Å²) >= 11 is 0. The topological polar surface area (TPSA) is 44.8 Å². The average Bonchev–Trinajstić information content (AvgIpc) is 2.30. The van der Waals surface area contributed by atoms with E-state index in [1.807, 2.05) is 0 Å². The lowest BCUT2D eigenvalue weighted by Gasteiger charge is -2.09. The van der Waals surface area contributed by atoms with Crippen molar-refractivity contribution in [1.29, 1.82) is 0 Å². The van der Waals surface area contributed by atoms with Crippen LogP contribution in [0.15, 0.2) is 24.8 Å². The molecule has 0 saturated heterocycles. The van der Waals surface area contributed by atoms with E-state index in [-0.39, 0.29) is 6.61 Å². The maximum Gasteiger partial charge on any atom is 0.513 e. The summed E-state index contributed by atoms with van der Waals surface area (Å²) in [5, 5.41) is 0. The van der Waals surface area contributed by atoms with Gasteiger partial charge < -0.3 is 14.2 Å². The predicted octanol–water partition coefficient (Wildman–Crippen LogP) is 2.57. The molecule has 0 bridgehead atoms. The third-order valence-corrected chi connectivity index (χ3v) is 1.82. The van der Waals surface area contributed by atoms with Gasteiger partial charge in [0, 0.05) is 0 Å². The highest BCUT2D eigenvalue weighted by Crippen LogP contribution is 2.28. The standard InChI is InChI=1S/C12H13O4/c1-4-9-6-7-10(11(8-9)14-3)16-12(13)15-5-2/h6-8H,1,5H2,2-3H3. The first kappa shape index (κ1) is 12.1. The van der Waals surface area contributed by atoms with Crippen LogP contribution in [0.5, 0.6) is 11.5 Å². The lowest BCUT2D eigenvalue weighted by Crippen LogP contribution is -2.10. The normalized spacial score (nSPS) is 9.38. The van der Waals surface area contributed by atoms with Gasteiger partial charge in [-0.05, 0) is 30.7 Å². The number of ether oxygens (including phenoxy) is 3. The lowest BCUT2D eigenvalue weighted by atomic mass is 10.2. The zero-order valence-electron chi connectivity index (χ0n) is 9.28. The predicted molar refractivity (Wildman–Crippen MR) is 58.6 cm³/mol. The minimum absolute atomic E-state index is 0.264. The second-order valence-corrected chi connectivity index (χ2v) is 2.83. The van der Waals surface area contributed by atoms with Crippen LogP contribution in [0.3, 0.4) is 0 Å².